The van der Waals surface area contributed by atoms with Crippen LogP contribution in [0.25, 0.3) is 10.9 Å². The lowest BCUT2D eigenvalue weighted by atomic mass is 10.1. The molecule has 1 aliphatic heterocycles. The molecule has 8 heteroatoms. The lowest BCUT2D eigenvalue weighted by Gasteiger charge is -2.27. The second-order valence-electron chi connectivity index (χ2n) is 6.13. The van der Waals surface area contributed by atoms with Crippen LogP contribution in [0.1, 0.15) is 17.1 Å². The average molecular weight is 367 g/mol. The molecule has 3 heterocycles. The molecule has 0 bridgehead atoms. The van der Waals surface area contributed by atoms with Crippen LogP contribution in [0.15, 0.2) is 40.4 Å². The van der Waals surface area contributed by atoms with Crippen LogP contribution >= 0.6 is 11.8 Å². The number of thioether (sulfide) groups is 1. The molecule has 3 aromatic rings. The molecule has 26 heavy (non-hydrogen) atoms. The van der Waals surface area contributed by atoms with Gasteiger partial charge in [-0.05, 0) is 19.4 Å². The Morgan fingerprint density at radius 1 is 1.31 bits per heavy atom. The van der Waals surface area contributed by atoms with E-state index in [9.17, 15) is 9.59 Å². The average Bonchev–Trinajstić information content (AvgIpc) is 2.65. The van der Waals surface area contributed by atoms with Crippen molar-refractivity contribution >= 4 is 28.6 Å². The van der Waals surface area contributed by atoms with Gasteiger partial charge in [-0.15, -0.1) is 0 Å². The first-order valence-electron chi connectivity index (χ1n) is 8.31. The Balaban J connectivity index is 1.48. The van der Waals surface area contributed by atoms with Crippen molar-refractivity contribution in [1.29, 1.82) is 0 Å². The number of nitrogens with one attached hydrogen (secondary N) is 1. The number of fused-ring (bicyclic) bond motifs is 2. The maximum atomic E-state index is 12.6. The highest BCUT2D eigenvalue weighted by atomic mass is 32.2. The van der Waals surface area contributed by atoms with Gasteiger partial charge in [-0.25, -0.2) is 15.0 Å². The number of aromatic nitrogens is 4. The predicted molar refractivity (Wildman–Crippen MR) is 99.0 cm³/mol. The first-order valence-corrected chi connectivity index (χ1v) is 9.29. The van der Waals surface area contributed by atoms with Crippen LogP contribution in [-0.4, -0.2) is 43.0 Å². The van der Waals surface area contributed by atoms with Gasteiger partial charge in [-0.1, -0.05) is 30.0 Å². The van der Waals surface area contributed by atoms with Crippen molar-refractivity contribution in [1.82, 2.24) is 24.8 Å². The number of carbonyl (C=O) groups excluding carboxylic acids is 1. The molecule has 0 saturated heterocycles. The third-order valence-electron chi connectivity index (χ3n) is 4.38. The smallest absolute Gasteiger partial charge is 0.254 e. The SMILES string of the molecule is Cc1nc2c(c(=O)[nH]1)CCN(C(=O)CSc1ncnc3ccccc13)C2. The Morgan fingerprint density at radius 2 is 2.15 bits per heavy atom. The van der Waals surface area contributed by atoms with E-state index in [0.717, 1.165) is 15.9 Å². The lowest BCUT2D eigenvalue weighted by Crippen LogP contribution is -2.40. The topological polar surface area (TPSA) is 91.8 Å². The molecule has 1 N–H and O–H groups in total. The standard InChI is InChI=1S/C18H17N5O2S/c1-11-21-15-8-23(7-6-12(15)17(25)22-11)16(24)9-26-18-13-4-2-3-5-14(13)19-10-20-18/h2-5,10H,6-9H2,1H3,(H,21,22,25). The molecule has 0 atom stereocenters. The van der Waals surface area contributed by atoms with Crippen LogP contribution in [0.5, 0.6) is 0 Å². The molecule has 7 nitrogen and oxygen atoms in total. The first-order chi connectivity index (χ1) is 12.6. The third kappa shape index (κ3) is 3.20. The fourth-order valence-electron chi connectivity index (χ4n) is 3.09. The number of para-hydroxylation sites is 1. The summed E-state index contributed by atoms with van der Waals surface area (Å²) in [5.41, 5.74) is 2.15. The highest BCUT2D eigenvalue weighted by molar-refractivity contribution is 8.00. The number of aryl methyl sites for hydroxylation is 1. The van der Waals surface area contributed by atoms with E-state index in [1.165, 1.54) is 18.1 Å². The second-order valence-corrected chi connectivity index (χ2v) is 7.09. The molecule has 1 amide bonds. The van der Waals surface area contributed by atoms with E-state index >= 15 is 0 Å². The monoisotopic (exact) mass is 367 g/mol. The van der Waals surface area contributed by atoms with Crippen molar-refractivity contribution in [2.24, 2.45) is 0 Å². The Labute approximate surface area is 153 Å². The molecule has 0 saturated carbocycles. The zero-order valence-corrected chi connectivity index (χ0v) is 15.0. The van der Waals surface area contributed by atoms with Crippen LogP contribution in [0, 0.1) is 6.92 Å². The van der Waals surface area contributed by atoms with Gasteiger partial charge in [0.05, 0.1) is 23.5 Å². The number of H-pyrrole nitrogens is 1. The van der Waals surface area contributed by atoms with Gasteiger partial charge in [0.2, 0.25) is 5.91 Å². The molecule has 1 aliphatic rings. The molecule has 0 aliphatic carbocycles. The van der Waals surface area contributed by atoms with E-state index < -0.39 is 0 Å². The first kappa shape index (κ1) is 16.7. The van der Waals surface area contributed by atoms with Crippen LogP contribution in [0.3, 0.4) is 0 Å². The summed E-state index contributed by atoms with van der Waals surface area (Å²) in [4.78, 5) is 42.0. The number of rotatable bonds is 3. The van der Waals surface area contributed by atoms with Gasteiger partial charge >= 0.3 is 0 Å². The minimum absolute atomic E-state index is 0.0167. The van der Waals surface area contributed by atoms with Crippen LogP contribution in [0.4, 0.5) is 0 Å². The maximum absolute atomic E-state index is 12.6. The van der Waals surface area contributed by atoms with E-state index in [0.29, 0.717) is 42.3 Å². The molecule has 0 radical (unpaired) electrons. The largest absolute Gasteiger partial charge is 0.336 e. The molecule has 1 aromatic carbocycles. The summed E-state index contributed by atoms with van der Waals surface area (Å²) in [6, 6.07) is 7.75. The van der Waals surface area contributed by atoms with E-state index in [4.69, 9.17) is 0 Å². The highest BCUT2D eigenvalue weighted by Crippen LogP contribution is 2.25. The lowest BCUT2D eigenvalue weighted by molar-refractivity contribution is -0.129. The normalized spacial score (nSPS) is 13.7. The van der Waals surface area contributed by atoms with E-state index in [2.05, 4.69) is 19.9 Å². The van der Waals surface area contributed by atoms with E-state index in [1.54, 1.807) is 11.8 Å². The van der Waals surface area contributed by atoms with Gasteiger partial charge in [-0.3, -0.25) is 9.59 Å². The number of hydrogen-bond donors (Lipinski definition) is 1. The molecule has 0 spiro atoms. The second kappa shape index (κ2) is 6.87. The maximum Gasteiger partial charge on any atom is 0.254 e. The molecular formula is C18H17N5O2S. The van der Waals surface area contributed by atoms with Gasteiger partial charge in [0.15, 0.2) is 0 Å². The summed E-state index contributed by atoms with van der Waals surface area (Å²) in [6.45, 7) is 2.66. The van der Waals surface area contributed by atoms with Crippen LogP contribution in [0.2, 0.25) is 0 Å². The number of amides is 1. The van der Waals surface area contributed by atoms with Crippen LogP contribution in [-0.2, 0) is 17.8 Å². The molecule has 4 rings (SSSR count). The number of benzene rings is 1. The summed E-state index contributed by atoms with van der Waals surface area (Å²) in [5.74, 6) is 0.881. The Kier molecular flexibility index (Phi) is 4.42. The van der Waals surface area contributed by atoms with Gasteiger partial charge in [0, 0.05) is 17.5 Å². The number of carbonyl (C=O) groups is 1. The zero-order valence-electron chi connectivity index (χ0n) is 14.2. The number of hydrogen-bond acceptors (Lipinski definition) is 6. The molecule has 0 fully saturated rings. The zero-order chi connectivity index (χ0) is 18.1. The summed E-state index contributed by atoms with van der Waals surface area (Å²) in [5, 5.41) is 1.74. The molecule has 2 aromatic heterocycles. The van der Waals surface area contributed by atoms with Gasteiger partial charge in [0.25, 0.3) is 5.56 Å². The Hall–Kier alpha value is -2.74. The molecule has 132 valence electrons. The van der Waals surface area contributed by atoms with Crippen LogP contribution < -0.4 is 5.56 Å². The number of aromatic amines is 1. The Bertz CT molecular complexity index is 1040. The Morgan fingerprint density at radius 3 is 3.04 bits per heavy atom. The summed E-state index contributed by atoms with van der Waals surface area (Å²) in [7, 11) is 0. The van der Waals surface area contributed by atoms with Gasteiger partial charge in [-0.2, -0.15) is 0 Å². The van der Waals surface area contributed by atoms with E-state index in [-0.39, 0.29) is 11.5 Å². The van der Waals surface area contributed by atoms with Gasteiger partial charge in [0.1, 0.15) is 17.2 Å². The highest BCUT2D eigenvalue weighted by Gasteiger charge is 2.24. The fraction of sp³-hybridized carbons (Fsp3) is 0.278. The fourth-order valence-corrected chi connectivity index (χ4v) is 3.99. The van der Waals surface area contributed by atoms with Crippen molar-refractivity contribution in [2.45, 2.75) is 24.9 Å². The van der Waals surface area contributed by atoms with Gasteiger partial charge < -0.3 is 9.88 Å². The van der Waals surface area contributed by atoms with Crippen molar-refractivity contribution in [3.05, 3.63) is 58.0 Å². The number of nitrogens with zero attached hydrogens (tertiary/aromatic N) is 4. The molecule has 0 unspecified atom stereocenters. The van der Waals surface area contributed by atoms with Crippen molar-refractivity contribution < 1.29 is 4.79 Å². The van der Waals surface area contributed by atoms with Crippen molar-refractivity contribution in [3.8, 4) is 0 Å². The minimum Gasteiger partial charge on any atom is -0.336 e. The summed E-state index contributed by atoms with van der Waals surface area (Å²) < 4.78 is 0. The quantitative estimate of drug-likeness (QED) is 0.560. The summed E-state index contributed by atoms with van der Waals surface area (Å²) in [6.07, 6.45) is 2.05. The van der Waals surface area contributed by atoms with Crippen molar-refractivity contribution in [3.63, 3.8) is 0 Å². The summed E-state index contributed by atoms with van der Waals surface area (Å²) >= 11 is 1.41. The predicted octanol–water partition coefficient (Wildman–Crippen LogP) is 1.70. The van der Waals surface area contributed by atoms with Crippen molar-refractivity contribution in [2.75, 3.05) is 12.3 Å². The molecular weight excluding hydrogens is 350 g/mol. The minimum atomic E-state index is -0.0959. The van der Waals surface area contributed by atoms with E-state index in [1.807, 2.05) is 24.3 Å². The third-order valence-corrected chi connectivity index (χ3v) is 5.37.